The summed E-state index contributed by atoms with van der Waals surface area (Å²) in [7, 11) is -2.55. The summed E-state index contributed by atoms with van der Waals surface area (Å²) in [5.74, 6) is 0.608. The molecule has 0 aliphatic heterocycles. The number of pyridine rings is 1. The van der Waals surface area contributed by atoms with E-state index in [1.807, 2.05) is 4.72 Å². The van der Waals surface area contributed by atoms with E-state index >= 15 is 0 Å². The van der Waals surface area contributed by atoms with Crippen LogP contribution >= 0.6 is 11.6 Å². The number of halogens is 1. The van der Waals surface area contributed by atoms with E-state index < -0.39 is 15.9 Å². The van der Waals surface area contributed by atoms with Crippen LogP contribution in [0.4, 0.5) is 0 Å². The van der Waals surface area contributed by atoms with Crippen molar-refractivity contribution in [2.24, 2.45) is 18.9 Å². The van der Waals surface area contributed by atoms with Crippen LogP contribution in [0.3, 0.4) is 0 Å². The number of hydrogen-bond acceptors (Lipinski definition) is 8. The molecule has 13 heteroatoms. The van der Waals surface area contributed by atoms with Gasteiger partial charge in [0.2, 0.25) is 5.88 Å². The van der Waals surface area contributed by atoms with E-state index in [1.165, 1.54) is 34.6 Å². The topological polar surface area (TPSA) is 145 Å². The highest BCUT2D eigenvalue weighted by molar-refractivity contribution is 7.90. The second-order valence-corrected chi connectivity index (χ2v) is 11.0. The lowest BCUT2D eigenvalue weighted by Crippen LogP contribution is -2.31. The Kier molecular flexibility index (Phi) is 5.88. The van der Waals surface area contributed by atoms with Crippen LogP contribution in [-0.4, -0.2) is 50.7 Å². The first-order valence-corrected chi connectivity index (χ1v) is 13.0. The largest absolute Gasteiger partial charge is 0.473 e. The van der Waals surface area contributed by atoms with Gasteiger partial charge in [0.05, 0.1) is 11.3 Å². The van der Waals surface area contributed by atoms with Gasteiger partial charge in [-0.1, -0.05) is 11.6 Å². The van der Waals surface area contributed by atoms with Gasteiger partial charge in [-0.15, -0.1) is 5.10 Å². The molecule has 2 N–H and O–H groups in total. The van der Waals surface area contributed by atoms with Crippen LogP contribution in [-0.2, 0) is 17.1 Å². The van der Waals surface area contributed by atoms with Crippen molar-refractivity contribution >= 4 is 33.2 Å². The van der Waals surface area contributed by atoms with Gasteiger partial charge in [0.1, 0.15) is 16.2 Å². The first-order valence-electron chi connectivity index (χ1n) is 11.1. The van der Waals surface area contributed by atoms with Gasteiger partial charge < -0.3 is 10.1 Å². The third kappa shape index (κ3) is 4.55. The monoisotopic (exact) mass is 517 g/mol. The van der Waals surface area contributed by atoms with Crippen molar-refractivity contribution in [3.8, 4) is 11.7 Å². The van der Waals surface area contributed by atoms with Crippen molar-refractivity contribution in [3.05, 3.63) is 47.0 Å². The Morgan fingerprint density at radius 1 is 1.26 bits per heavy atom. The van der Waals surface area contributed by atoms with Gasteiger partial charge in [0.25, 0.3) is 15.9 Å². The van der Waals surface area contributed by atoms with E-state index in [9.17, 15) is 13.2 Å². The first kappa shape index (κ1) is 23.5. The molecular formula is C22H24ClN7O4S. The minimum Gasteiger partial charge on any atom is -0.473 e. The summed E-state index contributed by atoms with van der Waals surface area (Å²) in [5.41, 5.74) is 0.925. The van der Waals surface area contributed by atoms with Crippen molar-refractivity contribution in [2.45, 2.75) is 43.6 Å². The zero-order valence-electron chi connectivity index (χ0n) is 19.1. The van der Waals surface area contributed by atoms with Crippen molar-refractivity contribution in [2.75, 3.05) is 0 Å². The molecule has 0 radical (unpaired) electrons. The Bertz CT molecular complexity index is 1430. The summed E-state index contributed by atoms with van der Waals surface area (Å²) in [5, 5.41) is 16.4. The summed E-state index contributed by atoms with van der Waals surface area (Å²) >= 11 is 6.23. The molecular weight excluding hydrogens is 494 g/mol. The number of nitrogens with zero attached hydrogens (tertiary/aromatic N) is 5. The van der Waals surface area contributed by atoms with Crippen molar-refractivity contribution in [3.63, 3.8) is 0 Å². The van der Waals surface area contributed by atoms with Crippen molar-refractivity contribution in [1.82, 2.24) is 29.3 Å². The van der Waals surface area contributed by atoms with Crippen LogP contribution in [0.15, 0.2) is 35.5 Å². The summed E-state index contributed by atoms with van der Waals surface area (Å²) in [6.45, 7) is 1.54. The Labute approximate surface area is 207 Å². The van der Waals surface area contributed by atoms with E-state index in [1.54, 1.807) is 19.3 Å². The molecule has 0 unspecified atom stereocenters. The fraction of sp³-hybridized carbons (Fsp3) is 0.409. The standard InChI is InChI=1S/C22H24ClN7O4S/c1-12-18(11-29(2)26-12)35(32,33)28-22(31)14-4-6-19(25-21(14)23)30-8-7-20(27-30)34-17-10-13-3-5-16(24)15(17)9-13/h4,6-8,11,13,15,17,24H,3,5,9-10H2,1-2H3,(H,28,31)/t13-,15+,17+/m1/s1. The SMILES string of the molecule is Cc1nn(C)cc1S(=O)(=O)NC(=O)c1ccc(-n2ccc(O[C@H]3C[C@@H]4CCC(=N)[C@@H]3C4)n2)nc1Cl. The number of carbonyl (C=O) groups is 1. The molecule has 2 aliphatic carbocycles. The number of sulfonamides is 1. The van der Waals surface area contributed by atoms with Crippen LogP contribution in [0.2, 0.25) is 5.15 Å². The van der Waals surface area contributed by atoms with Gasteiger partial charge in [-0.2, -0.15) is 5.10 Å². The van der Waals surface area contributed by atoms with Gasteiger partial charge >= 0.3 is 0 Å². The van der Waals surface area contributed by atoms with E-state index in [-0.39, 0.29) is 33.3 Å². The fourth-order valence-electron chi connectivity index (χ4n) is 4.83. The second-order valence-electron chi connectivity index (χ2n) is 8.96. The quantitative estimate of drug-likeness (QED) is 0.478. The van der Waals surface area contributed by atoms with E-state index in [0.717, 1.165) is 31.4 Å². The number of hydrogen-bond donors (Lipinski definition) is 2. The number of fused-ring (bicyclic) bond motifs is 2. The van der Waals surface area contributed by atoms with Crippen LogP contribution in [0.25, 0.3) is 5.82 Å². The van der Waals surface area contributed by atoms with Crippen LogP contribution < -0.4 is 9.46 Å². The molecule has 3 aromatic heterocycles. The lowest BCUT2D eigenvalue weighted by atomic mass is 9.87. The minimum atomic E-state index is -4.13. The van der Waals surface area contributed by atoms with Gasteiger partial charge in [-0.25, -0.2) is 22.8 Å². The fourth-order valence-corrected chi connectivity index (χ4v) is 6.25. The predicted molar refractivity (Wildman–Crippen MR) is 127 cm³/mol. The Morgan fingerprint density at radius 2 is 2.06 bits per heavy atom. The number of nitrogens with one attached hydrogen (secondary N) is 2. The lowest BCUT2D eigenvalue weighted by Gasteiger charge is -2.22. The second kappa shape index (κ2) is 8.76. The summed E-state index contributed by atoms with van der Waals surface area (Å²) in [4.78, 5) is 16.7. The van der Waals surface area contributed by atoms with Gasteiger partial charge in [-0.3, -0.25) is 9.48 Å². The number of carbonyl (C=O) groups excluding carboxylic acids is 1. The minimum absolute atomic E-state index is 0.0497. The normalized spacial score (nSPS) is 21.8. The average molecular weight is 518 g/mol. The third-order valence-electron chi connectivity index (χ3n) is 6.51. The number of rotatable bonds is 6. The molecule has 184 valence electrons. The van der Waals surface area contributed by atoms with Crippen LogP contribution in [0, 0.1) is 24.2 Å². The first-order chi connectivity index (χ1) is 16.6. The zero-order chi connectivity index (χ0) is 24.9. The maximum absolute atomic E-state index is 12.6. The smallest absolute Gasteiger partial charge is 0.268 e. The van der Waals surface area contributed by atoms with Crippen molar-refractivity contribution in [1.29, 1.82) is 5.41 Å². The molecule has 3 aromatic rings. The maximum atomic E-state index is 12.6. The molecule has 0 saturated heterocycles. The van der Waals surface area contributed by atoms with E-state index in [0.29, 0.717) is 17.6 Å². The summed E-state index contributed by atoms with van der Waals surface area (Å²) < 4.78 is 36.1. The zero-order valence-corrected chi connectivity index (χ0v) is 20.7. The molecule has 3 heterocycles. The Hall–Kier alpha value is -3.25. The third-order valence-corrected chi connectivity index (χ3v) is 8.23. The van der Waals surface area contributed by atoms with Crippen LogP contribution in [0.1, 0.15) is 41.7 Å². The highest BCUT2D eigenvalue weighted by Gasteiger charge is 2.41. The molecule has 2 bridgehead atoms. The Morgan fingerprint density at radius 3 is 2.77 bits per heavy atom. The average Bonchev–Trinajstić information content (AvgIpc) is 3.48. The summed E-state index contributed by atoms with van der Waals surface area (Å²) in [6.07, 6.45) is 6.74. The molecule has 0 spiro atoms. The number of ether oxygens (including phenoxy) is 1. The molecule has 11 nitrogen and oxygen atoms in total. The van der Waals surface area contributed by atoms with Gasteiger partial charge in [-0.05, 0) is 50.7 Å². The van der Waals surface area contributed by atoms with E-state index in [2.05, 4.69) is 15.2 Å². The lowest BCUT2D eigenvalue weighted by molar-refractivity contribution is 0.0981. The van der Waals surface area contributed by atoms with Gasteiger partial charge in [0.15, 0.2) is 5.82 Å². The molecule has 0 aromatic carbocycles. The van der Waals surface area contributed by atoms with Crippen molar-refractivity contribution < 1.29 is 17.9 Å². The predicted octanol–water partition coefficient (Wildman–Crippen LogP) is 2.67. The number of aromatic nitrogens is 5. The molecule has 2 aliphatic rings. The number of aryl methyl sites for hydroxylation is 2. The molecule has 2 fully saturated rings. The highest BCUT2D eigenvalue weighted by atomic mass is 35.5. The highest BCUT2D eigenvalue weighted by Crippen LogP contribution is 2.42. The van der Waals surface area contributed by atoms with E-state index in [4.69, 9.17) is 21.7 Å². The van der Waals surface area contributed by atoms with Crippen LogP contribution in [0.5, 0.6) is 5.88 Å². The Balaban J connectivity index is 1.30. The maximum Gasteiger partial charge on any atom is 0.268 e. The number of amides is 1. The van der Waals surface area contributed by atoms with Gasteiger partial charge in [0, 0.05) is 37.1 Å². The molecule has 2 saturated carbocycles. The molecule has 3 atom stereocenters. The molecule has 35 heavy (non-hydrogen) atoms. The molecule has 1 amide bonds. The summed E-state index contributed by atoms with van der Waals surface area (Å²) in [6, 6.07) is 4.61. The molecule has 5 rings (SSSR count).